The van der Waals surface area contributed by atoms with Gasteiger partial charge in [0, 0.05) is 21.1 Å². The van der Waals surface area contributed by atoms with Crippen LogP contribution in [0, 0.1) is 128 Å². The summed E-state index contributed by atoms with van der Waals surface area (Å²) in [6.07, 6.45) is 0. The van der Waals surface area contributed by atoms with Crippen molar-refractivity contribution in [2.24, 2.45) is 0 Å². The van der Waals surface area contributed by atoms with E-state index in [9.17, 15) is 61.5 Å². The summed E-state index contributed by atoms with van der Waals surface area (Å²) in [4.78, 5) is 0. The second-order valence-corrected chi connectivity index (χ2v) is 15.0. The van der Waals surface area contributed by atoms with Crippen LogP contribution in [0.1, 0.15) is 0 Å². The number of hydrogen-bond acceptors (Lipinski definition) is 0. The molecule has 0 aliphatic carbocycles. The summed E-state index contributed by atoms with van der Waals surface area (Å²) in [7, 11) is -8.07. The topological polar surface area (TPSA) is 0 Å². The summed E-state index contributed by atoms with van der Waals surface area (Å²) in [5.41, 5.74) is -5.37. The Morgan fingerprint density at radius 3 is 0.571 bits per heavy atom. The third-order valence-electron chi connectivity index (χ3n) is 8.54. The first kappa shape index (κ1) is 40.4. The van der Waals surface area contributed by atoms with E-state index >= 15 is 35.1 Å². The van der Waals surface area contributed by atoms with Gasteiger partial charge in [0.1, 0.15) is 19.0 Å². The smallest absolute Gasteiger partial charge is 0.198 e. The van der Waals surface area contributed by atoms with Gasteiger partial charge in [-0.1, -0.05) is 0 Å². The van der Waals surface area contributed by atoms with E-state index < -0.39 is 200 Å². The molecule has 6 aromatic rings. The molecule has 6 aromatic carbocycles. The first-order chi connectivity index (χ1) is 26.0. The average molecular weight is 863 g/mol. The molecule has 0 spiro atoms. The van der Waals surface area contributed by atoms with Crippen molar-refractivity contribution in [3.8, 4) is 11.1 Å². The zero-order valence-corrected chi connectivity index (χ0v) is 28.6. The minimum atomic E-state index is -4.04. The molecule has 0 nitrogen and oxygen atoms in total. The minimum Gasteiger partial charge on any atom is -0.204 e. The second kappa shape index (κ2) is 13.7. The molecule has 0 saturated heterocycles. The molecule has 0 aromatic heterocycles. The van der Waals surface area contributed by atoms with Gasteiger partial charge < -0.3 is 0 Å². The van der Waals surface area contributed by atoms with E-state index in [1.165, 1.54) is 0 Å². The number of fused-ring (bicyclic) bond motifs is 2. The van der Waals surface area contributed by atoms with Crippen molar-refractivity contribution in [1.82, 2.24) is 0 Å². The Labute approximate surface area is 297 Å². The minimum absolute atomic E-state index is 1.90. The van der Waals surface area contributed by atoms with Gasteiger partial charge in [-0.25, -0.2) is 96.6 Å². The predicted octanol–water partition coefficient (Wildman–Crippen LogP) is 6.96. The molecule has 0 unspecified atom stereocenters. The first-order valence-electron chi connectivity index (χ1n) is 14.3. The third kappa shape index (κ3) is 5.45. The number of halogens is 22. The highest BCUT2D eigenvalue weighted by Crippen LogP contribution is 2.36. The Kier molecular flexibility index (Phi) is 9.91. The Morgan fingerprint density at radius 1 is 0.161 bits per heavy atom. The summed E-state index contributed by atoms with van der Waals surface area (Å²) < 4.78 is 323. The fourth-order valence-corrected chi connectivity index (χ4v) is 9.52. The van der Waals surface area contributed by atoms with Gasteiger partial charge in [-0.3, -0.25) is 0 Å². The highest BCUT2D eigenvalue weighted by atomic mass is 28.2. The average Bonchev–Trinajstić information content (AvgIpc) is 3.16. The third-order valence-corrected chi connectivity index (χ3v) is 12.5. The van der Waals surface area contributed by atoms with E-state index in [2.05, 4.69) is 0 Å². The molecule has 0 atom stereocenters. The molecule has 0 radical (unpaired) electrons. The zero-order valence-electron chi connectivity index (χ0n) is 25.7. The highest BCUT2D eigenvalue weighted by Gasteiger charge is 2.38. The van der Waals surface area contributed by atoms with E-state index in [1.807, 2.05) is 0 Å². The van der Waals surface area contributed by atoms with Crippen molar-refractivity contribution < 1.29 is 96.6 Å². The van der Waals surface area contributed by atoms with Gasteiger partial charge >= 0.3 is 0 Å². The van der Waals surface area contributed by atoms with E-state index in [0.717, 1.165) is 0 Å². The van der Waals surface area contributed by atoms with Crippen molar-refractivity contribution >= 4 is 61.3 Å². The summed E-state index contributed by atoms with van der Waals surface area (Å²) in [6.45, 7) is 0. The highest BCUT2D eigenvalue weighted by molar-refractivity contribution is 6.70. The van der Waals surface area contributed by atoms with Gasteiger partial charge in [0.15, 0.2) is 128 Å². The molecule has 0 N–H and O–H groups in total. The van der Waals surface area contributed by atoms with Crippen LogP contribution in [0.2, 0.25) is 0 Å². The van der Waals surface area contributed by atoms with E-state index in [1.54, 1.807) is 0 Å². The standard InChI is InChI=1S/C32H4F22Si2/c33-7-3-5(15(41)19(45)17(7)43)29(27(53)21(47)9(3)35)55-31-23(49)11(37)1(12(38)24(31)50)2-13(39)25(51)32(26(52)14(2)40)56-30-6-4(10(36)22(48)28(30)54)8(34)18(44)20(46)16(6)42/h55-56H2. The van der Waals surface area contributed by atoms with Gasteiger partial charge in [0.05, 0.1) is 21.9 Å². The van der Waals surface area contributed by atoms with Crippen molar-refractivity contribution in [1.29, 1.82) is 0 Å². The number of hydrogen-bond donors (Lipinski definition) is 0. The quantitative estimate of drug-likeness (QED) is 0.0763. The lowest BCUT2D eigenvalue weighted by Gasteiger charge is -2.18. The molecule has 0 bridgehead atoms. The molecule has 24 heteroatoms. The van der Waals surface area contributed by atoms with Crippen LogP contribution in [0.5, 0.6) is 0 Å². The first-order valence-corrected chi connectivity index (χ1v) is 17.2. The normalized spacial score (nSPS) is 12.3. The molecule has 0 saturated carbocycles. The van der Waals surface area contributed by atoms with Crippen LogP contribution in [0.3, 0.4) is 0 Å². The van der Waals surface area contributed by atoms with Gasteiger partial charge in [-0.2, -0.15) is 0 Å². The largest absolute Gasteiger partial charge is 0.204 e. The van der Waals surface area contributed by atoms with Gasteiger partial charge in [-0.15, -0.1) is 0 Å². The van der Waals surface area contributed by atoms with Crippen LogP contribution < -0.4 is 20.7 Å². The predicted molar refractivity (Wildman–Crippen MR) is 154 cm³/mol. The fourth-order valence-electron chi connectivity index (χ4n) is 5.93. The van der Waals surface area contributed by atoms with E-state index in [4.69, 9.17) is 0 Å². The summed E-state index contributed by atoms with van der Waals surface area (Å²) in [5.74, 6) is -62.0. The van der Waals surface area contributed by atoms with Crippen LogP contribution in [-0.4, -0.2) is 19.0 Å². The maximum absolute atomic E-state index is 15.4. The summed E-state index contributed by atoms with van der Waals surface area (Å²) in [6, 6.07) is 0. The molecule has 0 amide bonds. The van der Waals surface area contributed by atoms with Crippen molar-refractivity contribution in [2.75, 3.05) is 0 Å². The van der Waals surface area contributed by atoms with Gasteiger partial charge in [0.25, 0.3) is 0 Å². The lowest BCUT2D eigenvalue weighted by molar-refractivity contribution is 0.411. The van der Waals surface area contributed by atoms with Crippen LogP contribution in [-0.2, 0) is 0 Å². The van der Waals surface area contributed by atoms with Crippen molar-refractivity contribution in [2.45, 2.75) is 0 Å². The Balaban J connectivity index is 1.56. The molecular formula is C32H4F22Si2. The maximum atomic E-state index is 15.4. The lowest BCUT2D eigenvalue weighted by atomic mass is 10.0. The van der Waals surface area contributed by atoms with Crippen LogP contribution in [0.25, 0.3) is 32.7 Å². The number of benzene rings is 6. The second-order valence-electron chi connectivity index (χ2n) is 11.4. The maximum Gasteiger partial charge on any atom is 0.198 e. The Morgan fingerprint density at radius 2 is 0.339 bits per heavy atom. The summed E-state index contributed by atoms with van der Waals surface area (Å²) >= 11 is 0. The molecular weight excluding hydrogens is 858 g/mol. The molecule has 6 rings (SSSR count). The zero-order chi connectivity index (χ0) is 41.9. The number of rotatable bonds is 5. The lowest BCUT2D eigenvalue weighted by Crippen LogP contribution is -2.39. The van der Waals surface area contributed by atoms with Crippen molar-refractivity contribution in [3.63, 3.8) is 0 Å². The monoisotopic (exact) mass is 862 g/mol. The molecule has 294 valence electrons. The molecule has 0 fully saturated rings. The molecule has 0 heterocycles. The van der Waals surface area contributed by atoms with E-state index in [-0.39, 0.29) is 0 Å². The van der Waals surface area contributed by atoms with Crippen LogP contribution >= 0.6 is 0 Å². The molecule has 56 heavy (non-hydrogen) atoms. The Bertz CT molecular complexity index is 2520. The summed E-state index contributed by atoms with van der Waals surface area (Å²) in [5, 5.41) is -16.5. The van der Waals surface area contributed by atoms with Crippen molar-refractivity contribution in [3.05, 3.63) is 128 Å². The molecule has 0 aliphatic rings. The van der Waals surface area contributed by atoms with Gasteiger partial charge in [0.2, 0.25) is 0 Å². The fraction of sp³-hybridized carbons (Fsp3) is 0. The van der Waals surface area contributed by atoms with Crippen LogP contribution in [0.15, 0.2) is 0 Å². The van der Waals surface area contributed by atoms with Gasteiger partial charge in [-0.05, 0) is 10.4 Å². The van der Waals surface area contributed by atoms with E-state index in [0.29, 0.717) is 0 Å². The Hall–Kier alpha value is -5.27. The van der Waals surface area contributed by atoms with Crippen LogP contribution in [0.4, 0.5) is 96.6 Å². The molecule has 0 aliphatic heterocycles. The SMILES string of the molecule is Fc1c(F)c(-c2c(F)c(F)c([SiH2]c3c(F)c(F)c(F)c4c(F)c(F)c(F)c(F)c34)c(F)c2F)c(F)c(F)c1[SiH2]c1c(F)c(F)c(F)c2c(F)c(F)c(F)c(F)c12.